The Balaban J connectivity index is -0.000000233. The Bertz CT molecular complexity index is 302. The van der Waals surface area contributed by atoms with Crippen molar-refractivity contribution in [1.82, 2.24) is 0 Å². The fraction of sp³-hybridized carbons (Fsp3) is 0.375. The number of hydrogen-bond acceptors (Lipinski definition) is 0. The van der Waals surface area contributed by atoms with Gasteiger partial charge in [0.25, 0.3) is 0 Å². The third kappa shape index (κ3) is 11.5. The third-order valence-electron chi connectivity index (χ3n) is 2.54. The number of rotatable bonds is 4. The zero-order chi connectivity index (χ0) is 11.6. The van der Waals surface area contributed by atoms with Crippen molar-refractivity contribution < 1.29 is 46.5 Å². The molecule has 2 aromatic carbocycles. The second-order valence-electron chi connectivity index (χ2n) is 4.09. The molecule has 0 spiro atoms. The minimum absolute atomic E-state index is 0. The maximum atomic E-state index is 2.20. The Kier molecular flexibility index (Phi) is 20.3. The average Bonchev–Trinajstić information content (AvgIpc) is 2.92. The maximum absolute atomic E-state index is 2.20. The Hall–Kier alpha value is -0.00571. The van der Waals surface area contributed by atoms with Crippen LogP contribution in [0, 0.1) is 0 Å². The molecule has 2 aromatic rings. The molecule has 2 rings (SSSR count). The van der Waals surface area contributed by atoms with Gasteiger partial charge in [-0.25, -0.2) is 24.3 Å². The Morgan fingerprint density at radius 1 is 0.632 bits per heavy atom. The van der Waals surface area contributed by atoms with Gasteiger partial charge in [0.05, 0.1) is 0 Å². The summed E-state index contributed by atoms with van der Waals surface area (Å²) >= 11 is 0. The van der Waals surface area contributed by atoms with E-state index in [4.69, 9.17) is 0 Å². The normalized spacial score (nSPS) is 8.11. The van der Waals surface area contributed by atoms with Gasteiger partial charge >= 0.3 is 21.7 Å². The van der Waals surface area contributed by atoms with Gasteiger partial charge in [0.2, 0.25) is 0 Å². The van der Waals surface area contributed by atoms with Crippen LogP contribution in [-0.4, -0.2) is 0 Å². The van der Waals surface area contributed by atoms with E-state index in [-0.39, 0.29) is 46.5 Å². The fourth-order valence-electron chi connectivity index (χ4n) is 1.74. The SMILES string of the molecule is CCC[c-]1cccc1.CCC[c-]1cccc1.[Cl-].[Cl-].[Ti+4]. The quantitative estimate of drug-likeness (QED) is 0.483. The minimum atomic E-state index is 0. The standard InChI is InChI=1S/2C8H11.2ClH.Ti/c2*1-2-5-8-6-3-4-7-8;;;/h2*3-4,6-7H,2,5H2,1H3;2*1H;/q2*-1;;;+4/p-2. The molecule has 3 heteroatoms. The van der Waals surface area contributed by atoms with E-state index in [1.165, 1.54) is 36.8 Å². The molecule has 0 fully saturated rings. The second-order valence-corrected chi connectivity index (χ2v) is 4.09. The molecule has 0 aliphatic rings. The minimum Gasteiger partial charge on any atom is -1.00 e. The van der Waals surface area contributed by atoms with Crippen molar-refractivity contribution in [3.8, 4) is 0 Å². The summed E-state index contributed by atoms with van der Waals surface area (Å²) < 4.78 is 0. The molecule has 0 amide bonds. The Labute approximate surface area is 145 Å². The van der Waals surface area contributed by atoms with E-state index in [0.717, 1.165) is 0 Å². The first-order valence-corrected chi connectivity index (χ1v) is 6.28. The van der Waals surface area contributed by atoms with E-state index >= 15 is 0 Å². The molecule has 0 bridgehead atoms. The fourth-order valence-corrected chi connectivity index (χ4v) is 1.74. The zero-order valence-corrected chi connectivity index (χ0v) is 14.8. The van der Waals surface area contributed by atoms with Crippen molar-refractivity contribution in [2.24, 2.45) is 0 Å². The van der Waals surface area contributed by atoms with Crippen LogP contribution < -0.4 is 24.8 Å². The summed E-state index contributed by atoms with van der Waals surface area (Å²) in [5, 5.41) is 0. The van der Waals surface area contributed by atoms with Crippen molar-refractivity contribution in [3.63, 3.8) is 0 Å². The van der Waals surface area contributed by atoms with E-state index in [1.54, 1.807) is 0 Å². The molecule has 0 aliphatic carbocycles. The largest absolute Gasteiger partial charge is 4.00 e. The monoisotopic (exact) mass is 332 g/mol. The first-order valence-electron chi connectivity index (χ1n) is 6.28. The number of aryl methyl sites for hydroxylation is 2. The molecular weight excluding hydrogens is 311 g/mol. The predicted octanol–water partition coefficient (Wildman–Crippen LogP) is -1.28. The molecular formula is C16H22Cl2Ti. The van der Waals surface area contributed by atoms with Crippen LogP contribution >= 0.6 is 0 Å². The molecule has 0 nitrogen and oxygen atoms in total. The molecule has 0 aromatic heterocycles. The van der Waals surface area contributed by atoms with Gasteiger partial charge in [-0.3, -0.25) is 0 Å². The third-order valence-corrected chi connectivity index (χ3v) is 2.54. The van der Waals surface area contributed by atoms with Crippen LogP contribution in [0.4, 0.5) is 0 Å². The predicted molar refractivity (Wildman–Crippen MR) is 72.1 cm³/mol. The average molecular weight is 333 g/mol. The Morgan fingerprint density at radius 2 is 0.895 bits per heavy atom. The van der Waals surface area contributed by atoms with Gasteiger partial charge in [-0.15, -0.1) is 0 Å². The van der Waals surface area contributed by atoms with Crippen LogP contribution in [0.25, 0.3) is 0 Å². The van der Waals surface area contributed by atoms with E-state index < -0.39 is 0 Å². The van der Waals surface area contributed by atoms with Crippen LogP contribution in [0.2, 0.25) is 0 Å². The van der Waals surface area contributed by atoms with Crippen LogP contribution in [0.15, 0.2) is 48.5 Å². The van der Waals surface area contributed by atoms with Crippen molar-refractivity contribution in [2.45, 2.75) is 39.5 Å². The van der Waals surface area contributed by atoms with Gasteiger partial charge in [0.15, 0.2) is 0 Å². The molecule has 0 unspecified atom stereocenters. The molecule has 0 N–H and O–H groups in total. The Morgan fingerprint density at radius 3 is 1.11 bits per heavy atom. The van der Waals surface area contributed by atoms with Crippen LogP contribution in [-0.2, 0) is 34.6 Å². The molecule has 0 aliphatic heterocycles. The van der Waals surface area contributed by atoms with E-state index in [2.05, 4.69) is 62.4 Å². The van der Waals surface area contributed by atoms with E-state index in [1.807, 2.05) is 0 Å². The van der Waals surface area contributed by atoms with Crippen molar-refractivity contribution in [2.75, 3.05) is 0 Å². The van der Waals surface area contributed by atoms with E-state index in [9.17, 15) is 0 Å². The van der Waals surface area contributed by atoms with Gasteiger partial charge in [-0.05, 0) is 0 Å². The summed E-state index contributed by atoms with van der Waals surface area (Å²) in [4.78, 5) is 0. The summed E-state index contributed by atoms with van der Waals surface area (Å²) in [7, 11) is 0. The summed E-state index contributed by atoms with van der Waals surface area (Å²) in [6.45, 7) is 4.40. The molecule has 104 valence electrons. The van der Waals surface area contributed by atoms with Gasteiger partial charge in [-0.2, -0.15) is 35.4 Å². The smallest absolute Gasteiger partial charge is 1.00 e. The number of halogens is 2. The molecule has 0 radical (unpaired) electrons. The van der Waals surface area contributed by atoms with Gasteiger partial charge in [0, 0.05) is 0 Å². The van der Waals surface area contributed by atoms with E-state index in [0.29, 0.717) is 0 Å². The summed E-state index contributed by atoms with van der Waals surface area (Å²) in [5.41, 5.74) is 2.93. The van der Waals surface area contributed by atoms with Crippen LogP contribution in [0.1, 0.15) is 37.8 Å². The molecule has 0 saturated carbocycles. The van der Waals surface area contributed by atoms with Crippen molar-refractivity contribution in [1.29, 1.82) is 0 Å². The topological polar surface area (TPSA) is 0 Å². The number of hydrogen-bond donors (Lipinski definition) is 0. The molecule has 0 atom stereocenters. The van der Waals surface area contributed by atoms with Gasteiger partial charge < -0.3 is 24.8 Å². The second kappa shape index (κ2) is 16.0. The molecule has 0 saturated heterocycles. The van der Waals surface area contributed by atoms with Crippen LogP contribution in [0.5, 0.6) is 0 Å². The van der Waals surface area contributed by atoms with Crippen molar-refractivity contribution in [3.05, 3.63) is 59.7 Å². The summed E-state index contributed by atoms with van der Waals surface area (Å²) in [6, 6.07) is 17.0. The molecule has 0 heterocycles. The maximum Gasteiger partial charge on any atom is 4.00 e. The van der Waals surface area contributed by atoms with Gasteiger partial charge in [0.1, 0.15) is 0 Å². The molecule has 19 heavy (non-hydrogen) atoms. The first-order chi connectivity index (χ1) is 7.86. The van der Waals surface area contributed by atoms with Crippen LogP contribution in [0.3, 0.4) is 0 Å². The zero-order valence-electron chi connectivity index (χ0n) is 11.7. The first kappa shape index (κ1) is 24.0. The van der Waals surface area contributed by atoms with Gasteiger partial charge in [-0.1, -0.05) is 39.5 Å². The summed E-state index contributed by atoms with van der Waals surface area (Å²) in [5.74, 6) is 0. The van der Waals surface area contributed by atoms with Crippen molar-refractivity contribution >= 4 is 0 Å². The summed E-state index contributed by atoms with van der Waals surface area (Å²) in [6.07, 6.45) is 4.97.